The molecule has 4 N–H and O–H groups in total. The fourth-order valence-corrected chi connectivity index (χ4v) is 6.66. The van der Waals surface area contributed by atoms with Crippen LogP contribution in [0.4, 0.5) is 0 Å². The molecule has 0 saturated heterocycles. The molecule has 0 heterocycles. The Kier molecular flexibility index (Phi) is 9.02. The number of thioether (sulfide) groups is 2. The zero-order valence-electron chi connectivity index (χ0n) is 21.1. The average molecular weight is 525 g/mol. The molecule has 4 aromatic carbocycles. The lowest BCUT2D eigenvalue weighted by atomic mass is 9.93. The lowest BCUT2D eigenvalue weighted by molar-refractivity contribution is 0.405. The first-order valence-electron chi connectivity index (χ1n) is 13.0. The van der Waals surface area contributed by atoms with Gasteiger partial charge >= 0.3 is 0 Å². The summed E-state index contributed by atoms with van der Waals surface area (Å²) in [7, 11) is 0. The number of hydrogen-bond acceptors (Lipinski definition) is 6. The number of aromatic hydroxyl groups is 4. The molecule has 0 aromatic heterocycles. The molecule has 192 valence electrons. The molecule has 4 nitrogen and oxygen atoms in total. The molecule has 4 aromatic rings. The number of phenols is 4. The molecule has 0 radical (unpaired) electrons. The second-order valence-corrected chi connectivity index (χ2v) is 11.7. The van der Waals surface area contributed by atoms with Crippen molar-refractivity contribution in [2.75, 3.05) is 11.5 Å². The van der Waals surface area contributed by atoms with E-state index >= 15 is 0 Å². The lowest BCUT2D eigenvalue weighted by Gasteiger charge is -2.16. The molecular formula is C30H36O4S2. The summed E-state index contributed by atoms with van der Waals surface area (Å²) in [4.78, 5) is 1.60. The Bertz CT molecular complexity index is 1240. The first-order valence-corrected chi connectivity index (χ1v) is 15.0. The largest absolute Gasteiger partial charge is 0.507 e. The Balaban J connectivity index is 1.82. The second kappa shape index (κ2) is 12.2. The lowest BCUT2D eigenvalue weighted by Crippen LogP contribution is -1.89. The number of hydrogen-bond donors (Lipinski definition) is 4. The van der Waals surface area contributed by atoms with Crippen LogP contribution in [0.1, 0.15) is 65.2 Å². The summed E-state index contributed by atoms with van der Waals surface area (Å²) >= 11 is 3.28. The van der Waals surface area contributed by atoms with Gasteiger partial charge in [0.15, 0.2) is 11.5 Å². The predicted octanol–water partition coefficient (Wildman–Crippen LogP) is 9.31. The summed E-state index contributed by atoms with van der Waals surface area (Å²) in [5.74, 6) is 1.96. The summed E-state index contributed by atoms with van der Waals surface area (Å²) < 4.78 is 0. The van der Waals surface area contributed by atoms with Gasteiger partial charge in [-0.25, -0.2) is 0 Å². The molecular weight excluding hydrogens is 488 g/mol. The Hall–Kier alpha value is -2.44. The van der Waals surface area contributed by atoms with E-state index in [0.29, 0.717) is 0 Å². The van der Waals surface area contributed by atoms with Gasteiger partial charge in [-0.1, -0.05) is 52.4 Å². The van der Waals surface area contributed by atoms with Gasteiger partial charge in [0, 0.05) is 9.79 Å². The quantitative estimate of drug-likeness (QED) is 0.0640. The summed E-state index contributed by atoms with van der Waals surface area (Å²) in [5.41, 5.74) is 0. The van der Waals surface area contributed by atoms with E-state index < -0.39 is 0 Å². The van der Waals surface area contributed by atoms with Crippen LogP contribution in [0.5, 0.6) is 23.0 Å². The highest BCUT2D eigenvalue weighted by Gasteiger charge is 2.17. The summed E-state index contributed by atoms with van der Waals surface area (Å²) in [6.07, 6.45) is 9.35. The Labute approximate surface area is 221 Å². The highest BCUT2D eigenvalue weighted by molar-refractivity contribution is 7.99. The monoisotopic (exact) mass is 524 g/mol. The minimum atomic E-state index is -0.172. The second-order valence-electron chi connectivity index (χ2n) is 9.44. The van der Waals surface area contributed by atoms with E-state index in [0.717, 1.165) is 66.5 Å². The number of phenolic OH excluding ortho intramolecular Hbond substituents is 4. The van der Waals surface area contributed by atoms with Crippen LogP contribution in [0.15, 0.2) is 46.2 Å². The van der Waals surface area contributed by atoms with Crippen LogP contribution in [0.25, 0.3) is 32.3 Å². The molecule has 0 fully saturated rings. The third-order valence-electron chi connectivity index (χ3n) is 6.69. The van der Waals surface area contributed by atoms with Gasteiger partial charge < -0.3 is 20.4 Å². The Morgan fingerprint density at radius 1 is 0.444 bits per heavy atom. The van der Waals surface area contributed by atoms with Crippen molar-refractivity contribution < 1.29 is 20.4 Å². The Morgan fingerprint density at radius 2 is 0.778 bits per heavy atom. The van der Waals surface area contributed by atoms with Crippen LogP contribution in [-0.4, -0.2) is 31.9 Å². The summed E-state index contributed by atoms with van der Waals surface area (Å²) in [6.45, 7) is 4.38. The molecule has 0 saturated carbocycles. The zero-order chi connectivity index (χ0) is 25.7. The van der Waals surface area contributed by atoms with E-state index in [1.54, 1.807) is 47.8 Å². The number of fused-ring (bicyclic) bond motifs is 6. The van der Waals surface area contributed by atoms with Crippen LogP contribution >= 0.6 is 23.5 Å². The van der Waals surface area contributed by atoms with Crippen molar-refractivity contribution in [3.8, 4) is 23.0 Å². The molecule has 36 heavy (non-hydrogen) atoms. The molecule has 0 unspecified atom stereocenters. The van der Waals surface area contributed by atoms with E-state index in [9.17, 15) is 20.4 Å². The van der Waals surface area contributed by atoms with Crippen LogP contribution in [0.3, 0.4) is 0 Å². The van der Waals surface area contributed by atoms with Gasteiger partial charge in [0.1, 0.15) is 11.5 Å². The number of unbranched alkanes of at least 4 members (excludes halogenated alkanes) is 6. The van der Waals surface area contributed by atoms with E-state index in [2.05, 4.69) is 13.8 Å². The highest BCUT2D eigenvalue weighted by atomic mass is 32.2. The van der Waals surface area contributed by atoms with E-state index in [4.69, 9.17) is 0 Å². The van der Waals surface area contributed by atoms with Crippen molar-refractivity contribution >= 4 is 55.8 Å². The first-order chi connectivity index (χ1) is 17.4. The van der Waals surface area contributed by atoms with Crippen LogP contribution < -0.4 is 0 Å². The SMILES string of the molecule is CCCCCCSc1cc2c3cc(O)c(O)cc3c3cc(SCCCCCC)c(O)cc3c2cc1O. The molecule has 0 spiro atoms. The normalized spacial score (nSPS) is 11.7. The van der Waals surface area contributed by atoms with Crippen molar-refractivity contribution in [1.29, 1.82) is 0 Å². The molecule has 4 rings (SSSR count). The smallest absolute Gasteiger partial charge is 0.158 e. The number of benzene rings is 4. The summed E-state index contributed by atoms with van der Waals surface area (Å²) in [5, 5.41) is 47.4. The van der Waals surface area contributed by atoms with Crippen LogP contribution in [0, 0.1) is 0 Å². The number of rotatable bonds is 12. The molecule has 0 aliphatic heterocycles. The summed E-state index contributed by atoms with van der Waals surface area (Å²) in [6, 6.07) is 10.7. The van der Waals surface area contributed by atoms with E-state index in [-0.39, 0.29) is 23.0 Å². The topological polar surface area (TPSA) is 80.9 Å². The minimum absolute atomic E-state index is 0.172. The van der Waals surface area contributed by atoms with Gasteiger partial charge in [0.25, 0.3) is 0 Å². The van der Waals surface area contributed by atoms with Gasteiger partial charge in [-0.3, -0.25) is 0 Å². The predicted molar refractivity (Wildman–Crippen MR) is 155 cm³/mol. The first kappa shape index (κ1) is 26.6. The zero-order valence-corrected chi connectivity index (χ0v) is 22.8. The van der Waals surface area contributed by atoms with Crippen LogP contribution in [-0.2, 0) is 0 Å². The van der Waals surface area contributed by atoms with Gasteiger partial charge in [-0.05, 0) is 93.1 Å². The molecule has 0 aliphatic carbocycles. The Morgan fingerprint density at radius 3 is 1.14 bits per heavy atom. The maximum absolute atomic E-state index is 10.9. The van der Waals surface area contributed by atoms with Crippen LogP contribution in [0.2, 0.25) is 0 Å². The van der Waals surface area contributed by atoms with Gasteiger partial charge in [-0.15, -0.1) is 23.5 Å². The highest BCUT2D eigenvalue weighted by Crippen LogP contribution is 2.46. The fourth-order valence-electron chi connectivity index (χ4n) is 4.70. The van der Waals surface area contributed by atoms with E-state index in [1.165, 1.54) is 38.5 Å². The molecule has 0 bridgehead atoms. The fraction of sp³-hybridized carbons (Fsp3) is 0.400. The van der Waals surface area contributed by atoms with Gasteiger partial charge in [0.2, 0.25) is 0 Å². The van der Waals surface area contributed by atoms with Crippen molar-refractivity contribution in [3.63, 3.8) is 0 Å². The average Bonchev–Trinajstić information content (AvgIpc) is 2.86. The molecule has 0 atom stereocenters. The maximum Gasteiger partial charge on any atom is 0.158 e. The molecule has 0 aliphatic rings. The standard InChI is InChI=1S/C30H36O4S2/c1-3-5-7-9-11-35-29-17-23-19-13-25(31)26(32)14-20(19)24-18-30(36-12-10-8-6-4-2)28(34)16-22(24)21(23)15-27(29)33/h13-18,31-34H,3-12H2,1-2H3. The van der Waals surface area contributed by atoms with Crippen molar-refractivity contribution in [1.82, 2.24) is 0 Å². The van der Waals surface area contributed by atoms with Crippen molar-refractivity contribution in [2.45, 2.75) is 75.0 Å². The maximum atomic E-state index is 10.9. The van der Waals surface area contributed by atoms with Gasteiger partial charge in [-0.2, -0.15) is 0 Å². The van der Waals surface area contributed by atoms with Crippen molar-refractivity contribution in [2.24, 2.45) is 0 Å². The minimum Gasteiger partial charge on any atom is -0.507 e. The van der Waals surface area contributed by atoms with E-state index in [1.807, 2.05) is 12.1 Å². The molecule has 0 amide bonds. The van der Waals surface area contributed by atoms with Gasteiger partial charge in [0.05, 0.1) is 0 Å². The molecule has 6 heteroatoms. The third kappa shape index (κ3) is 5.76. The third-order valence-corrected chi connectivity index (χ3v) is 8.96. The van der Waals surface area contributed by atoms with Crippen molar-refractivity contribution in [3.05, 3.63) is 36.4 Å².